The third-order valence-electron chi connectivity index (χ3n) is 7.58. The zero-order chi connectivity index (χ0) is 27.0. The second-order valence-corrected chi connectivity index (χ2v) is 10.5. The van der Waals surface area contributed by atoms with Crippen LogP contribution in [0.2, 0.25) is 0 Å². The molecule has 2 aromatic heterocycles. The second kappa shape index (κ2) is 12.9. The Morgan fingerprint density at radius 2 is 1.59 bits per heavy atom. The second-order valence-electron chi connectivity index (χ2n) is 10.5. The van der Waals surface area contributed by atoms with Crippen molar-refractivity contribution in [2.45, 2.75) is 65.2 Å². The van der Waals surface area contributed by atoms with Gasteiger partial charge in [-0.2, -0.15) is 5.10 Å². The van der Waals surface area contributed by atoms with E-state index in [2.05, 4.69) is 53.1 Å². The van der Waals surface area contributed by atoms with Gasteiger partial charge in [-0.25, -0.2) is 14.6 Å². The first-order valence-corrected chi connectivity index (χ1v) is 14.5. The molecule has 3 heterocycles. The summed E-state index contributed by atoms with van der Waals surface area (Å²) in [4.78, 5) is 27.6. The SMILES string of the molecule is CCCCCCCC(=O)N1CCCN(c2nc(Cc3ccccc3)nc3c2c(C)nn3-c2ccccc2)CC1. The highest BCUT2D eigenvalue weighted by Gasteiger charge is 2.25. The minimum Gasteiger partial charge on any atom is -0.354 e. The molecule has 0 radical (unpaired) electrons. The maximum Gasteiger partial charge on any atom is 0.222 e. The number of hydrogen-bond donors (Lipinski definition) is 0. The summed E-state index contributed by atoms with van der Waals surface area (Å²) in [6.07, 6.45) is 8.08. The topological polar surface area (TPSA) is 67.2 Å². The Morgan fingerprint density at radius 3 is 2.36 bits per heavy atom. The molecular formula is C32H40N6O. The van der Waals surface area contributed by atoms with Crippen molar-refractivity contribution >= 4 is 22.8 Å². The van der Waals surface area contributed by atoms with Crippen LogP contribution in [0, 0.1) is 6.92 Å². The number of aromatic nitrogens is 4. The molecule has 0 bridgehead atoms. The molecule has 5 rings (SSSR count). The van der Waals surface area contributed by atoms with Gasteiger partial charge in [0.05, 0.1) is 16.8 Å². The molecule has 7 nitrogen and oxygen atoms in total. The summed E-state index contributed by atoms with van der Waals surface area (Å²) in [6, 6.07) is 20.5. The van der Waals surface area contributed by atoms with Gasteiger partial charge in [0.1, 0.15) is 11.6 Å². The molecule has 7 heteroatoms. The first-order chi connectivity index (χ1) is 19.1. The summed E-state index contributed by atoms with van der Waals surface area (Å²) < 4.78 is 1.94. The highest BCUT2D eigenvalue weighted by atomic mass is 16.2. The number of aryl methyl sites for hydroxylation is 1. The number of nitrogens with zero attached hydrogens (tertiary/aromatic N) is 6. The van der Waals surface area contributed by atoms with Crippen LogP contribution in [0.25, 0.3) is 16.7 Å². The lowest BCUT2D eigenvalue weighted by Crippen LogP contribution is -2.35. The first kappa shape index (κ1) is 26.9. The van der Waals surface area contributed by atoms with Gasteiger partial charge in [0, 0.05) is 39.0 Å². The number of rotatable bonds is 10. The Bertz CT molecular complexity index is 1370. The molecule has 0 aliphatic carbocycles. The standard InChI is InChI=1S/C32H40N6O/c1-3-4-5-6-13-19-29(39)36-20-14-21-37(23-22-36)31-30-25(2)35-38(27-17-11-8-12-18-27)32(30)34-28(33-31)24-26-15-9-7-10-16-26/h7-12,15-18H,3-6,13-14,19-24H2,1-2H3. The van der Waals surface area contributed by atoms with Gasteiger partial charge in [0.15, 0.2) is 5.65 Å². The van der Waals surface area contributed by atoms with Crippen LogP contribution in [0.1, 0.15) is 69.0 Å². The van der Waals surface area contributed by atoms with E-state index in [4.69, 9.17) is 15.1 Å². The summed E-state index contributed by atoms with van der Waals surface area (Å²) in [5.41, 5.74) is 3.91. The Morgan fingerprint density at radius 1 is 0.846 bits per heavy atom. The van der Waals surface area contributed by atoms with Crippen molar-refractivity contribution in [3.05, 3.63) is 77.7 Å². The van der Waals surface area contributed by atoms with Crippen LogP contribution in [0.4, 0.5) is 5.82 Å². The normalized spacial score (nSPS) is 14.1. The number of carbonyl (C=O) groups is 1. The van der Waals surface area contributed by atoms with Gasteiger partial charge in [-0.3, -0.25) is 4.79 Å². The summed E-state index contributed by atoms with van der Waals surface area (Å²) in [6.45, 7) is 7.40. The zero-order valence-electron chi connectivity index (χ0n) is 23.4. The quantitative estimate of drug-likeness (QED) is 0.234. The van der Waals surface area contributed by atoms with Crippen molar-refractivity contribution in [2.75, 3.05) is 31.1 Å². The lowest BCUT2D eigenvalue weighted by Gasteiger charge is -2.24. The fourth-order valence-electron chi connectivity index (χ4n) is 5.46. The molecule has 0 saturated carbocycles. The Hall–Kier alpha value is -3.74. The summed E-state index contributed by atoms with van der Waals surface area (Å²) in [5, 5.41) is 5.90. The van der Waals surface area contributed by atoms with Gasteiger partial charge in [0.2, 0.25) is 5.91 Å². The van der Waals surface area contributed by atoms with Crippen LogP contribution in [0.15, 0.2) is 60.7 Å². The van der Waals surface area contributed by atoms with Crippen molar-refractivity contribution in [1.29, 1.82) is 0 Å². The van der Waals surface area contributed by atoms with Crippen LogP contribution in [0.5, 0.6) is 0 Å². The van der Waals surface area contributed by atoms with E-state index in [0.717, 1.165) is 79.5 Å². The lowest BCUT2D eigenvalue weighted by molar-refractivity contribution is -0.131. The van der Waals surface area contributed by atoms with Gasteiger partial charge in [0.25, 0.3) is 0 Å². The summed E-state index contributed by atoms with van der Waals surface area (Å²) >= 11 is 0. The highest BCUT2D eigenvalue weighted by molar-refractivity contribution is 5.91. The van der Waals surface area contributed by atoms with E-state index in [1.165, 1.54) is 24.8 Å². The first-order valence-electron chi connectivity index (χ1n) is 14.5. The molecule has 0 N–H and O–H groups in total. The lowest BCUT2D eigenvalue weighted by atomic mass is 10.1. The van der Waals surface area contributed by atoms with Gasteiger partial charge in [-0.05, 0) is 37.5 Å². The van der Waals surface area contributed by atoms with E-state index >= 15 is 0 Å². The van der Waals surface area contributed by atoms with E-state index in [0.29, 0.717) is 18.7 Å². The largest absolute Gasteiger partial charge is 0.354 e. The Kier molecular flexibility index (Phi) is 8.86. The molecule has 1 fully saturated rings. The molecule has 2 aromatic carbocycles. The van der Waals surface area contributed by atoms with Gasteiger partial charge in [-0.1, -0.05) is 81.1 Å². The maximum absolute atomic E-state index is 13.0. The summed E-state index contributed by atoms with van der Waals surface area (Å²) in [5.74, 6) is 2.00. The minimum absolute atomic E-state index is 0.291. The predicted octanol–water partition coefficient (Wildman–Crippen LogP) is 6.11. The third-order valence-corrected chi connectivity index (χ3v) is 7.58. The minimum atomic E-state index is 0.291. The smallest absolute Gasteiger partial charge is 0.222 e. The molecule has 204 valence electrons. The van der Waals surface area contributed by atoms with Crippen molar-refractivity contribution < 1.29 is 4.79 Å². The van der Waals surface area contributed by atoms with Crippen LogP contribution in [-0.2, 0) is 11.2 Å². The van der Waals surface area contributed by atoms with E-state index in [9.17, 15) is 4.79 Å². The van der Waals surface area contributed by atoms with Crippen LogP contribution < -0.4 is 4.90 Å². The van der Waals surface area contributed by atoms with Crippen molar-refractivity contribution in [3.63, 3.8) is 0 Å². The average Bonchev–Trinajstić information content (AvgIpc) is 3.12. The highest BCUT2D eigenvalue weighted by Crippen LogP contribution is 2.30. The van der Waals surface area contributed by atoms with Gasteiger partial charge < -0.3 is 9.80 Å². The Balaban J connectivity index is 1.43. The van der Waals surface area contributed by atoms with E-state index in [1.807, 2.05) is 35.9 Å². The van der Waals surface area contributed by atoms with Gasteiger partial charge >= 0.3 is 0 Å². The molecule has 1 aliphatic heterocycles. The van der Waals surface area contributed by atoms with Crippen molar-refractivity contribution in [3.8, 4) is 5.69 Å². The molecule has 4 aromatic rings. The van der Waals surface area contributed by atoms with Gasteiger partial charge in [-0.15, -0.1) is 0 Å². The zero-order valence-corrected chi connectivity index (χ0v) is 23.4. The predicted molar refractivity (Wildman–Crippen MR) is 157 cm³/mol. The van der Waals surface area contributed by atoms with Crippen LogP contribution in [-0.4, -0.2) is 56.7 Å². The molecule has 1 saturated heterocycles. The van der Waals surface area contributed by atoms with Crippen molar-refractivity contribution in [2.24, 2.45) is 0 Å². The molecular weight excluding hydrogens is 484 g/mol. The monoisotopic (exact) mass is 524 g/mol. The van der Waals surface area contributed by atoms with E-state index < -0.39 is 0 Å². The van der Waals surface area contributed by atoms with Crippen LogP contribution >= 0.6 is 0 Å². The molecule has 0 unspecified atom stereocenters. The van der Waals surface area contributed by atoms with E-state index in [-0.39, 0.29) is 0 Å². The Labute approximate surface area is 231 Å². The number of hydrogen-bond acceptors (Lipinski definition) is 5. The van der Waals surface area contributed by atoms with Crippen LogP contribution in [0.3, 0.4) is 0 Å². The average molecular weight is 525 g/mol. The fourth-order valence-corrected chi connectivity index (χ4v) is 5.46. The molecule has 0 atom stereocenters. The fraction of sp³-hybridized carbons (Fsp3) is 0.438. The number of benzene rings is 2. The molecule has 1 amide bonds. The number of carbonyl (C=O) groups excluding carboxylic acids is 1. The number of unbranched alkanes of at least 4 members (excludes halogenated alkanes) is 4. The van der Waals surface area contributed by atoms with Crippen molar-refractivity contribution in [1.82, 2.24) is 24.6 Å². The summed E-state index contributed by atoms with van der Waals surface area (Å²) in [7, 11) is 0. The molecule has 39 heavy (non-hydrogen) atoms. The number of para-hydroxylation sites is 1. The molecule has 1 aliphatic rings. The number of fused-ring (bicyclic) bond motifs is 1. The number of amides is 1. The molecule has 0 spiro atoms. The third kappa shape index (κ3) is 6.47. The maximum atomic E-state index is 13.0. The van der Waals surface area contributed by atoms with E-state index in [1.54, 1.807) is 0 Å². The number of anilines is 1.